The molecule has 2 aromatic rings. The van der Waals surface area contributed by atoms with Crippen LogP contribution in [0.5, 0.6) is 0 Å². The number of nitrogens with zero attached hydrogens (tertiary/aromatic N) is 2. The molecule has 0 amide bonds. The lowest BCUT2D eigenvalue weighted by Crippen LogP contribution is -2.04. The zero-order chi connectivity index (χ0) is 12.4. The molecule has 1 aromatic heterocycles. The van der Waals surface area contributed by atoms with E-state index in [1.54, 1.807) is 6.92 Å². The molecule has 0 aliphatic carbocycles. The highest BCUT2D eigenvalue weighted by Gasteiger charge is 2.15. The van der Waals surface area contributed by atoms with Crippen LogP contribution < -0.4 is 0 Å². The zero-order valence-electron chi connectivity index (χ0n) is 10.5. The Kier molecular flexibility index (Phi) is 3.29. The molecule has 2 rings (SSSR count). The third-order valence-electron chi connectivity index (χ3n) is 3.03. The second kappa shape index (κ2) is 4.72. The first-order chi connectivity index (χ1) is 8.09. The normalized spacial score (nSPS) is 12.7. The van der Waals surface area contributed by atoms with Gasteiger partial charge in [-0.05, 0) is 26.3 Å². The van der Waals surface area contributed by atoms with Crippen molar-refractivity contribution in [3.05, 3.63) is 52.8 Å². The Morgan fingerprint density at radius 1 is 1.24 bits per heavy atom. The largest absolute Gasteiger partial charge is 0.389 e. The van der Waals surface area contributed by atoms with E-state index in [1.165, 1.54) is 5.56 Å². The van der Waals surface area contributed by atoms with Gasteiger partial charge in [-0.2, -0.15) is 5.10 Å². The molecule has 0 fully saturated rings. The molecule has 17 heavy (non-hydrogen) atoms. The zero-order valence-corrected chi connectivity index (χ0v) is 10.5. The van der Waals surface area contributed by atoms with Gasteiger partial charge in [0.15, 0.2) is 0 Å². The van der Waals surface area contributed by atoms with E-state index in [-0.39, 0.29) is 0 Å². The molecule has 0 saturated carbocycles. The molecule has 0 bridgehead atoms. The van der Waals surface area contributed by atoms with Crippen LogP contribution in [0, 0.1) is 13.8 Å². The van der Waals surface area contributed by atoms with Crippen LogP contribution >= 0.6 is 0 Å². The minimum absolute atomic E-state index is 0.459. The maximum absolute atomic E-state index is 9.71. The minimum atomic E-state index is -0.459. The summed E-state index contributed by atoms with van der Waals surface area (Å²) in [5.41, 5.74) is 4.12. The molecule has 0 spiro atoms. The van der Waals surface area contributed by atoms with Crippen LogP contribution in [0.1, 0.15) is 35.5 Å². The Hall–Kier alpha value is -1.61. The molecule has 90 valence electrons. The lowest BCUT2D eigenvalue weighted by molar-refractivity contribution is 0.197. The van der Waals surface area contributed by atoms with Gasteiger partial charge in [0.2, 0.25) is 0 Å². The fourth-order valence-corrected chi connectivity index (χ4v) is 2.23. The molecular weight excluding hydrogens is 212 g/mol. The van der Waals surface area contributed by atoms with Crippen LogP contribution in [-0.4, -0.2) is 14.9 Å². The molecule has 0 saturated heterocycles. The number of benzene rings is 1. The van der Waals surface area contributed by atoms with Gasteiger partial charge >= 0.3 is 0 Å². The monoisotopic (exact) mass is 230 g/mol. The maximum atomic E-state index is 9.71. The van der Waals surface area contributed by atoms with E-state index in [1.807, 2.05) is 36.7 Å². The van der Waals surface area contributed by atoms with E-state index in [9.17, 15) is 5.11 Å². The van der Waals surface area contributed by atoms with Gasteiger partial charge in [0.25, 0.3) is 0 Å². The highest BCUT2D eigenvalue weighted by Crippen LogP contribution is 2.21. The molecule has 0 aliphatic rings. The van der Waals surface area contributed by atoms with Crippen LogP contribution in [0.25, 0.3) is 0 Å². The second-order valence-corrected chi connectivity index (χ2v) is 4.40. The third kappa shape index (κ3) is 2.39. The van der Waals surface area contributed by atoms with Gasteiger partial charge in [0.05, 0.1) is 18.3 Å². The number of hydrogen-bond acceptors (Lipinski definition) is 2. The van der Waals surface area contributed by atoms with Crippen LogP contribution in [0.3, 0.4) is 0 Å². The van der Waals surface area contributed by atoms with Gasteiger partial charge in [-0.25, -0.2) is 0 Å². The van der Waals surface area contributed by atoms with Crippen molar-refractivity contribution in [2.75, 3.05) is 0 Å². The highest BCUT2D eigenvalue weighted by atomic mass is 16.3. The average molecular weight is 230 g/mol. The Labute approximate surface area is 102 Å². The summed E-state index contributed by atoms with van der Waals surface area (Å²) in [5, 5.41) is 14.2. The van der Waals surface area contributed by atoms with Crippen molar-refractivity contribution in [3.63, 3.8) is 0 Å². The van der Waals surface area contributed by atoms with E-state index < -0.39 is 6.10 Å². The molecule has 0 unspecified atom stereocenters. The minimum Gasteiger partial charge on any atom is -0.389 e. The van der Waals surface area contributed by atoms with Gasteiger partial charge in [-0.15, -0.1) is 0 Å². The molecular formula is C14H18N2O. The van der Waals surface area contributed by atoms with Crippen molar-refractivity contribution in [3.8, 4) is 0 Å². The van der Waals surface area contributed by atoms with Crippen molar-refractivity contribution in [2.45, 2.75) is 33.4 Å². The lowest BCUT2D eigenvalue weighted by Gasteiger charge is -2.07. The molecule has 1 atom stereocenters. The molecule has 0 radical (unpaired) electrons. The number of hydrogen-bond donors (Lipinski definition) is 1. The fourth-order valence-electron chi connectivity index (χ4n) is 2.23. The summed E-state index contributed by atoms with van der Waals surface area (Å²) in [6.07, 6.45) is -0.459. The summed E-state index contributed by atoms with van der Waals surface area (Å²) in [7, 11) is 0. The average Bonchev–Trinajstić information content (AvgIpc) is 2.55. The number of rotatable bonds is 3. The summed E-state index contributed by atoms with van der Waals surface area (Å²) >= 11 is 0. The number of aryl methyl sites for hydroxylation is 1. The summed E-state index contributed by atoms with van der Waals surface area (Å²) in [4.78, 5) is 0. The molecule has 0 aliphatic heterocycles. The first-order valence-corrected chi connectivity index (χ1v) is 5.85. The first kappa shape index (κ1) is 11.9. The summed E-state index contributed by atoms with van der Waals surface area (Å²) < 4.78 is 1.95. The van der Waals surface area contributed by atoms with Crippen LogP contribution in [-0.2, 0) is 6.54 Å². The van der Waals surface area contributed by atoms with Crippen LogP contribution in [0.15, 0.2) is 30.3 Å². The van der Waals surface area contributed by atoms with E-state index in [4.69, 9.17) is 0 Å². The Morgan fingerprint density at radius 2 is 1.88 bits per heavy atom. The summed E-state index contributed by atoms with van der Waals surface area (Å²) in [6, 6.07) is 10.2. The van der Waals surface area contributed by atoms with Crippen molar-refractivity contribution in [1.82, 2.24) is 9.78 Å². The predicted molar refractivity (Wildman–Crippen MR) is 67.9 cm³/mol. The van der Waals surface area contributed by atoms with Gasteiger partial charge in [0, 0.05) is 11.3 Å². The van der Waals surface area contributed by atoms with Gasteiger partial charge in [0.1, 0.15) is 0 Å². The summed E-state index contributed by atoms with van der Waals surface area (Å²) in [6.45, 7) is 6.48. The smallest absolute Gasteiger partial charge is 0.0797 e. The molecule has 1 N–H and O–H groups in total. The second-order valence-electron chi connectivity index (χ2n) is 4.40. The quantitative estimate of drug-likeness (QED) is 0.880. The fraction of sp³-hybridized carbons (Fsp3) is 0.357. The number of aliphatic hydroxyl groups is 1. The van der Waals surface area contributed by atoms with Crippen molar-refractivity contribution < 1.29 is 5.11 Å². The van der Waals surface area contributed by atoms with E-state index >= 15 is 0 Å². The number of aromatic nitrogens is 2. The molecule has 3 heteroatoms. The van der Waals surface area contributed by atoms with Crippen LogP contribution in [0.2, 0.25) is 0 Å². The van der Waals surface area contributed by atoms with Gasteiger partial charge in [-0.3, -0.25) is 4.68 Å². The van der Waals surface area contributed by atoms with Crippen molar-refractivity contribution >= 4 is 0 Å². The SMILES string of the molecule is Cc1nn(Cc2ccccc2)c(C)c1[C@H](C)O. The first-order valence-electron chi connectivity index (χ1n) is 5.85. The Morgan fingerprint density at radius 3 is 2.41 bits per heavy atom. The molecule has 1 heterocycles. The van der Waals surface area contributed by atoms with E-state index in [0.717, 1.165) is 23.5 Å². The molecule has 3 nitrogen and oxygen atoms in total. The van der Waals surface area contributed by atoms with E-state index in [2.05, 4.69) is 17.2 Å². The lowest BCUT2D eigenvalue weighted by atomic mass is 10.1. The maximum Gasteiger partial charge on any atom is 0.0797 e. The van der Waals surface area contributed by atoms with E-state index in [0.29, 0.717) is 0 Å². The topological polar surface area (TPSA) is 38.0 Å². The van der Waals surface area contributed by atoms with Crippen molar-refractivity contribution in [1.29, 1.82) is 0 Å². The predicted octanol–water partition coefficient (Wildman–Crippen LogP) is 2.60. The standard InChI is InChI=1S/C14H18N2O/c1-10-14(12(3)17)11(2)16(15-10)9-13-7-5-4-6-8-13/h4-8,12,17H,9H2,1-3H3/t12-/m0/s1. The van der Waals surface area contributed by atoms with Crippen LogP contribution in [0.4, 0.5) is 0 Å². The molecule has 1 aromatic carbocycles. The van der Waals surface area contributed by atoms with Gasteiger partial charge in [-0.1, -0.05) is 30.3 Å². The third-order valence-corrected chi connectivity index (χ3v) is 3.03. The highest BCUT2D eigenvalue weighted by molar-refractivity contribution is 5.27. The Bertz CT molecular complexity index is 500. The van der Waals surface area contributed by atoms with Gasteiger partial charge < -0.3 is 5.11 Å². The summed E-state index contributed by atoms with van der Waals surface area (Å²) in [5.74, 6) is 0. The number of aliphatic hydroxyl groups excluding tert-OH is 1. The Balaban J connectivity index is 2.32. The van der Waals surface area contributed by atoms with Crippen molar-refractivity contribution in [2.24, 2.45) is 0 Å².